The molecule has 1 heterocycles. The lowest BCUT2D eigenvalue weighted by atomic mass is 10.2. The average Bonchev–Trinajstić information content (AvgIpc) is 2.74. The molecule has 1 aromatic carbocycles. The SMILES string of the molecule is Nc1ccccc1NC(=O)[C@@H]1CCCN1. The molecule has 1 saturated heterocycles. The second-order valence-corrected chi connectivity index (χ2v) is 3.73. The first-order valence-electron chi connectivity index (χ1n) is 5.16. The standard InChI is InChI=1S/C11H15N3O/c12-8-4-1-2-5-9(8)14-11(15)10-6-3-7-13-10/h1-2,4-5,10,13H,3,6-7,12H2,(H,14,15)/t10-/m0/s1. The quantitative estimate of drug-likeness (QED) is 0.630. The Morgan fingerprint density at radius 3 is 2.93 bits per heavy atom. The van der Waals surface area contributed by atoms with Gasteiger partial charge in [-0.3, -0.25) is 4.79 Å². The van der Waals surface area contributed by atoms with E-state index in [1.807, 2.05) is 18.2 Å². The number of amides is 1. The molecule has 15 heavy (non-hydrogen) atoms. The molecule has 1 amide bonds. The summed E-state index contributed by atoms with van der Waals surface area (Å²) in [6.07, 6.45) is 1.96. The predicted octanol–water partition coefficient (Wildman–Crippen LogP) is 0.959. The van der Waals surface area contributed by atoms with Crippen LogP contribution < -0.4 is 16.4 Å². The highest BCUT2D eigenvalue weighted by atomic mass is 16.2. The van der Waals surface area contributed by atoms with E-state index in [0.717, 1.165) is 19.4 Å². The van der Waals surface area contributed by atoms with Gasteiger partial charge in [0.15, 0.2) is 0 Å². The van der Waals surface area contributed by atoms with E-state index in [-0.39, 0.29) is 11.9 Å². The molecule has 1 aliphatic heterocycles. The molecule has 1 aromatic rings. The minimum atomic E-state index is -0.0652. The van der Waals surface area contributed by atoms with Crippen LogP contribution in [0.3, 0.4) is 0 Å². The molecule has 80 valence electrons. The van der Waals surface area contributed by atoms with Gasteiger partial charge in [0.2, 0.25) is 5.91 Å². The van der Waals surface area contributed by atoms with Crippen LogP contribution in [0.25, 0.3) is 0 Å². The zero-order valence-corrected chi connectivity index (χ0v) is 8.49. The van der Waals surface area contributed by atoms with Gasteiger partial charge in [-0.1, -0.05) is 12.1 Å². The highest BCUT2D eigenvalue weighted by Crippen LogP contribution is 2.17. The maximum absolute atomic E-state index is 11.7. The summed E-state index contributed by atoms with van der Waals surface area (Å²) in [5, 5.41) is 5.97. The molecular weight excluding hydrogens is 190 g/mol. The first-order chi connectivity index (χ1) is 7.27. The van der Waals surface area contributed by atoms with E-state index in [4.69, 9.17) is 5.73 Å². The van der Waals surface area contributed by atoms with Crippen molar-refractivity contribution in [3.05, 3.63) is 24.3 Å². The van der Waals surface area contributed by atoms with Crippen molar-refractivity contribution in [3.63, 3.8) is 0 Å². The van der Waals surface area contributed by atoms with Crippen molar-refractivity contribution in [2.45, 2.75) is 18.9 Å². The summed E-state index contributed by atoms with van der Waals surface area (Å²) in [5.74, 6) is 0.00500. The lowest BCUT2D eigenvalue weighted by Crippen LogP contribution is -2.35. The number of benzene rings is 1. The van der Waals surface area contributed by atoms with Crippen LogP contribution in [0.5, 0.6) is 0 Å². The Hall–Kier alpha value is -1.55. The number of nitrogens with two attached hydrogens (primary N) is 1. The molecule has 4 N–H and O–H groups in total. The van der Waals surface area contributed by atoms with Gasteiger partial charge < -0.3 is 16.4 Å². The monoisotopic (exact) mass is 205 g/mol. The van der Waals surface area contributed by atoms with Gasteiger partial charge in [0, 0.05) is 0 Å². The third-order valence-corrected chi connectivity index (χ3v) is 2.60. The molecule has 1 fully saturated rings. The van der Waals surface area contributed by atoms with Crippen molar-refractivity contribution >= 4 is 17.3 Å². The van der Waals surface area contributed by atoms with Gasteiger partial charge in [-0.05, 0) is 31.5 Å². The maximum Gasteiger partial charge on any atom is 0.241 e. The Kier molecular flexibility index (Phi) is 2.87. The van der Waals surface area contributed by atoms with Crippen LogP contribution in [0.1, 0.15) is 12.8 Å². The number of anilines is 2. The van der Waals surface area contributed by atoms with Gasteiger partial charge in [0.1, 0.15) is 0 Å². The topological polar surface area (TPSA) is 67.1 Å². The fourth-order valence-electron chi connectivity index (χ4n) is 1.74. The summed E-state index contributed by atoms with van der Waals surface area (Å²) in [7, 11) is 0. The number of rotatable bonds is 2. The zero-order chi connectivity index (χ0) is 10.7. The Morgan fingerprint density at radius 2 is 2.27 bits per heavy atom. The molecule has 0 spiro atoms. The lowest BCUT2D eigenvalue weighted by molar-refractivity contribution is -0.117. The molecule has 4 nitrogen and oxygen atoms in total. The minimum Gasteiger partial charge on any atom is -0.397 e. The largest absolute Gasteiger partial charge is 0.397 e. The number of nitrogen functional groups attached to an aromatic ring is 1. The highest BCUT2D eigenvalue weighted by molar-refractivity contribution is 5.97. The third kappa shape index (κ3) is 2.27. The molecule has 0 aromatic heterocycles. The molecule has 4 heteroatoms. The van der Waals surface area contributed by atoms with Crippen LogP contribution in [0.2, 0.25) is 0 Å². The Morgan fingerprint density at radius 1 is 1.47 bits per heavy atom. The smallest absolute Gasteiger partial charge is 0.241 e. The number of hydrogen-bond acceptors (Lipinski definition) is 3. The molecule has 0 unspecified atom stereocenters. The van der Waals surface area contributed by atoms with Crippen LogP contribution in [-0.2, 0) is 4.79 Å². The van der Waals surface area contributed by atoms with Crippen LogP contribution in [0.15, 0.2) is 24.3 Å². The van der Waals surface area contributed by atoms with E-state index in [1.165, 1.54) is 0 Å². The van der Waals surface area contributed by atoms with Crippen molar-refractivity contribution in [2.75, 3.05) is 17.6 Å². The molecule has 0 radical (unpaired) electrons. The summed E-state index contributed by atoms with van der Waals surface area (Å²) in [6, 6.07) is 7.22. The van der Waals surface area contributed by atoms with Crippen molar-refractivity contribution in [2.24, 2.45) is 0 Å². The van der Waals surface area contributed by atoms with Crippen LogP contribution >= 0.6 is 0 Å². The summed E-state index contributed by atoms with van der Waals surface area (Å²) >= 11 is 0. The normalized spacial score (nSPS) is 20.1. The molecule has 1 aliphatic rings. The third-order valence-electron chi connectivity index (χ3n) is 2.60. The van der Waals surface area contributed by atoms with E-state index >= 15 is 0 Å². The molecule has 0 aliphatic carbocycles. The van der Waals surface area contributed by atoms with Crippen LogP contribution in [0.4, 0.5) is 11.4 Å². The summed E-state index contributed by atoms with van der Waals surface area (Å²) in [5.41, 5.74) is 7.02. The Balaban J connectivity index is 2.02. The second-order valence-electron chi connectivity index (χ2n) is 3.73. The van der Waals surface area contributed by atoms with Crippen molar-refractivity contribution in [1.82, 2.24) is 5.32 Å². The lowest BCUT2D eigenvalue weighted by Gasteiger charge is -2.12. The highest BCUT2D eigenvalue weighted by Gasteiger charge is 2.22. The van der Waals surface area contributed by atoms with Crippen LogP contribution in [0, 0.1) is 0 Å². The number of nitrogens with one attached hydrogen (secondary N) is 2. The number of carbonyl (C=O) groups is 1. The number of hydrogen-bond donors (Lipinski definition) is 3. The van der Waals surface area contributed by atoms with Gasteiger partial charge in [0.05, 0.1) is 17.4 Å². The average molecular weight is 205 g/mol. The fraction of sp³-hybridized carbons (Fsp3) is 0.364. The number of carbonyl (C=O) groups excluding carboxylic acids is 1. The van der Waals surface area contributed by atoms with Gasteiger partial charge in [-0.15, -0.1) is 0 Å². The van der Waals surface area contributed by atoms with Crippen molar-refractivity contribution in [1.29, 1.82) is 0 Å². The number of para-hydroxylation sites is 2. The van der Waals surface area contributed by atoms with E-state index in [2.05, 4.69) is 10.6 Å². The van der Waals surface area contributed by atoms with Crippen molar-refractivity contribution < 1.29 is 4.79 Å². The van der Waals surface area contributed by atoms with E-state index in [9.17, 15) is 4.79 Å². The van der Waals surface area contributed by atoms with Crippen molar-refractivity contribution in [3.8, 4) is 0 Å². The molecule has 1 atom stereocenters. The Labute approximate surface area is 88.9 Å². The zero-order valence-electron chi connectivity index (χ0n) is 8.49. The molecule has 0 bridgehead atoms. The molecule has 0 saturated carbocycles. The molecular formula is C11H15N3O. The van der Waals surface area contributed by atoms with E-state index in [0.29, 0.717) is 11.4 Å². The Bertz CT molecular complexity index is 359. The van der Waals surface area contributed by atoms with Gasteiger partial charge >= 0.3 is 0 Å². The van der Waals surface area contributed by atoms with Crippen LogP contribution in [-0.4, -0.2) is 18.5 Å². The van der Waals surface area contributed by atoms with Gasteiger partial charge in [-0.25, -0.2) is 0 Å². The fourth-order valence-corrected chi connectivity index (χ4v) is 1.74. The van der Waals surface area contributed by atoms with E-state index < -0.39 is 0 Å². The summed E-state index contributed by atoms with van der Waals surface area (Å²) in [4.78, 5) is 11.7. The molecule has 2 rings (SSSR count). The first-order valence-corrected chi connectivity index (χ1v) is 5.16. The first kappa shape index (κ1) is 9.98. The minimum absolute atomic E-state index is 0.00500. The van der Waals surface area contributed by atoms with E-state index in [1.54, 1.807) is 6.07 Å². The van der Waals surface area contributed by atoms with Gasteiger partial charge in [-0.2, -0.15) is 0 Å². The van der Waals surface area contributed by atoms with Gasteiger partial charge in [0.25, 0.3) is 0 Å². The summed E-state index contributed by atoms with van der Waals surface area (Å²) < 4.78 is 0. The summed E-state index contributed by atoms with van der Waals surface area (Å²) in [6.45, 7) is 0.919. The second kappa shape index (κ2) is 4.31. The predicted molar refractivity (Wildman–Crippen MR) is 60.5 cm³/mol. The maximum atomic E-state index is 11.7.